The lowest BCUT2D eigenvalue weighted by molar-refractivity contribution is -0.136. The van der Waals surface area contributed by atoms with E-state index in [4.69, 9.17) is 23.2 Å². The maximum atomic E-state index is 11.2. The molecule has 0 aliphatic carbocycles. The van der Waals surface area contributed by atoms with Gasteiger partial charge in [0.1, 0.15) is 0 Å². The van der Waals surface area contributed by atoms with E-state index in [0.29, 0.717) is 31.4 Å². The van der Waals surface area contributed by atoms with Crippen LogP contribution in [-0.2, 0) is 11.2 Å². The number of benzene rings is 2. The first-order chi connectivity index (χ1) is 11.9. The molecule has 2 aromatic carbocycles. The fourth-order valence-corrected chi connectivity index (χ4v) is 3.65. The standard InChI is InChI=1S/C18H14Cl2N2O2S/c1-10-5-7-11(8-6-10)17-14(9-15(23)24)25-18(22-17)21-13-4-2-3-12(19)16(13)20/h2-8H,9H2,1H3,(H,21,22)(H,23,24). The third-order valence-corrected chi connectivity index (χ3v) is 5.32. The first kappa shape index (κ1) is 17.7. The average Bonchev–Trinajstić information content (AvgIpc) is 2.94. The topological polar surface area (TPSA) is 62.2 Å². The van der Waals surface area contributed by atoms with Gasteiger partial charge in [0.2, 0.25) is 0 Å². The number of aryl methyl sites for hydroxylation is 1. The summed E-state index contributed by atoms with van der Waals surface area (Å²) in [7, 11) is 0. The number of aromatic nitrogens is 1. The molecular formula is C18H14Cl2N2O2S. The zero-order valence-electron chi connectivity index (χ0n) is 13.2. The molecule has 2 N–H and O–H groups in total. The second-order valence-electron chi connectivity index (χ2n) is 5.45. The molecule has 0 fully saturated rings. The number of thiazole rings is 1. The highest BCUT2D eigenvalue weighted by atomic mass is 35.5. The van der Waals surface area contributed by atoms with Gasteiger partial charge in [0.05, 0.1) is 27.8 Å². The van der Waals surface area contributed by atoms with Gasteiger partial charge in [0.15, 0.2) is 5.13 Å². The van der Waals surface area contributed by atoms with Gasteiger partial charge in [-0.3, -0.25) is 4.79 Å². The predicted molar refractivity (Wildman–Crippen MR) is 103 cm³/mol. The summed E-state index contributed by atoms with van der Waals surface area (Å²) in [6, 6.07) is 13.1. The summed E-state index contributed by atoms with van der Waals surface area (Å²) in [5.74, 6) is -0.899. The molecule has 4 nitrogen and oxygen atoms in total. The molecule has 0 saturated heterocycles. The van der Waals surface area contributed by atoms with Crippen LogP contribution >= 0.6 is 34.5 Å². The van der Waals surface area contributed by atoms with Crippen molar-refractivity contribution in [3.8, 4) is 11.3 Å². The van der Waals surface area contributed by atoms with Gasteiger partial charge in [0, 0.05) is 10.4 Å². The van der Waals surface area contributed by atoms with Crippen LogP contribution in [0.15, 0.2) is 42.5 Å². The van der Waals surface area contributed by atoms with Crippen LogP contribution in [0.3, 0.4) is 0 Å². The Hall–Kier alpha value is -2.08. The average molecular weight is 393 g/mol. The van der Waals surface area contributed by atoms with Crippen LogP contribution in [0.4, 0.5) is 10.8 Å². The Morgan fingerprint density at radius 3 is 2.60 bits per heavy atom. The van der Waals surface area contributed by atoms with Crippen LogP contribution in [0.2, 0.25) is 10.0 Å². The van der Waals surface area contributed by atoms with Crippen LogP contribution in [-0.4, -0.2) is 16.1 Å². The molecule has 25 heavy (non-hydrogen) atoms. The lowest BCUT2D eigenvalue weighted by atomic mass is 10.1. The number of hydrogen-bond donors (Lipinski definition) is 2. The van der Waals surface area contributed by atoms with Gasteiger partial charge >= 0.3 is 5.97 Å². The third-order valence-electron chi connectivity index (χ3n) is 3.53. The van der Waals surface area contributed by atoms with E-state index in [-0.39, 0.29) is 6.42 Å². The summed E-state index contributed by atoms with van der Waals surface area (Å²) in [6.07, 6.45) is -0.0914. The first-order valence-corrected chi connectivity index (χ1v) is 9.01. The number of hydrogen-bond acceptors (Lipinski definition) is 4. The minimum absolute atomic E-state index is 0.0914. The van der Waals surface area contributed by atoms with Gasteiger partial charge in [-0.25, -0.2) is 4.98 Å². The Kier molecular flexibility index (Phi) is 5.27. The minimum Gasteiger partial charge on any atom is -0.481 e. The molecule has 0 aliphatic rings. The zero-order valence-corrected chi connectivity index (χ0v) is 15.5. The van der Waals surface area contributed by atoms with E-state index in [0.717, 1.165) is 11.1 Å². The predicted octanol–water partition coefficient (Wildman–Crippen LogP) is 5.80. The highest BCUT2D eigenvalue weighted by Crippen LogP contribution is 2.36. The quantitative estimate of drug-likeness (QED) is 0.576. The molecule has 0 atom stereocenters. The second kappa shape index (κ2) is 7.44. The number of carboxylic acids is 1. The normalized spacial score (nSPS) is 10.7. The monoisotopic (exact) mass is 392 g/mol. The molecule has 3 rings (SSSR count). The summed E-state index contributed by atoms with van der Waals surface area (Å²) < 4.78 is 0. The van der Waals surface area contributed by atoms with Crippen molar-refractivity contribution in [2.75, 3.05) is 5.32 Å². The molecule has 0 amide bonds. The van der Waals surface area contributed by atoms with E-state index in [1.165, 1.54) is 11.3 Å². The van der Waals surface area contributed by atoms with Crippen molar-refractivity contribution >= 4 is 51.3 Å². The molecule has 7 heteroatoms. The van der Waals surface area contributed by atoms with Crippen LogP contribution in [0.1, 0.15) is 10.4 Å². The number of aliphatic carboxylic acids is 1. The summed E-state index contributed by atoms with van der Waals surface area (Å²) >= 11 is 13.5. The van der Waals surface area contributed by atoms with E-state index in [9.17, 15) is 9.90 Å². The van der Waals surface area contributed by atoms with Crippen molar-refractivity contribution in [3.05, 3.63) is 63.0 Å². The number of nitrogens with one attached hydrogen (secondary N) is 1. The maximum absolute atomic E-state index is 11.2. The largest absolute Gasteiger partial charge is 0.481 e. The van der Waals surface area contributed by atoms with Crippen LogP contribution in [0.5, 0.6) is 0 Å². The Labute approximate surface area is 159 Å². The molecule has 128 valence electrons. The minimum atomic E-state index is -0.899. The molecule has 1 heterocycles. The van der Waals surface area contributed by atoms with Crippen LogP contribution < -0.4 is 5.32 Å². The SMILES string of the molecule is Cc1ccc(-c2nc(Nc3cccc(Cl)c3Cl)sc2CC(=O)O)cc1. The van der Waals surface area contributed by atoms with E-state index < -0.39 is 5.97 Å². The van der Waals surface area contributed by atoms with Crippen molar-refractivity contribution in [2.24, 2.45) is 0 Å². The zero-order chi connectivity index (χ0) is 18.0. The summed E-state index contributed by atoms with van der Waals surface area (Å²) in [4.78, 5) is 16.4. The Morgan fingerprint density at radius 2 is 1.92 bits per heavy atom. The summed E-state index contributed by atoms with van der Waals surface area (Å²) in [6.45, 7) is 2.00. The highest BCUT2D eigenvalue weighted by Gasteiger charge is 2.17. The fourth-order valence-electron chi connectivity index (χ4n) is 2.31. The van der Waals surface area contributed by atoms with Crippen LogP contribution in [0, 0.1) is 6.92 Å². The number of halogens is 2. The van der Waals surface area contributed by atoms with E-state index in [2.05, 4.69) is 10.3 Å². The fraction of sp³-hybridized carbons (Fsp3) is 0.111. The molecule has 3 aromatic rings. The number of carboxylic acid groups (broad SMARTS) is 1. The molecule has 0 bridgehead atoms. The number of anilines is 2. The lowest BCUT2D eigenvalue weighted by Crippen LogP contribution is -1.99. The second-order valence-corrected chi connectivity index (χ2v) is 7.32. The third kappa shape index (κ3) is 4.12. The molecule has 0 spiro atoms. The van der Waals surface area contributed by atoms with E-state index in [1.54, 1.807) is 18.2 Å². The number of nitrogens with zero attached hydrogens (tertiary/aromatic N) is 1. The van der Waals surface area contributed by atoms with Crippen molar-refractivity contribution in [2.45, 2.75) is 13.3 Å². The van der Waals surface area contributed by atoms with Crippen molar-refractivity contribution in [1.82, 2.24) is 4.98 Å². The van der Waals surface area contributed by atoms with Gasteiger partial charge in [-0.1, -0.05) is 59.1 Å². The van der Waals surface area contributed by atoms with Crippen molar-refractivity contribution in [1.29, 1.82) is 0 Å². The van der Waals surface area contributed by atoms with E-state index >= 15 is 0 Å². The Bertz CT molecular complexity index is 923. The van der Waals surface area contributed by atoms with Gasteiger partial charge in [-0.15, -0.1) is 11.3 Å². The molecule has 0 unspecified atom stereocenters. The Balaban J connectivity index is 1.99. The lowest BCUT2D eigenvalue weighted by Gasteiger charge is -2.06. The number of rotatable bonds is 5. The first-order valence-electron chi connectivity index (χ1n) is 7.43. The summed E-state index contributed by atoms with van der Waals surface area (Å²) in [5.41, 5.74) is 3.29. The molecular weight excluding hydrogens is 379 g/mol. The molecule has 1 aromatic heterocycles. The summed E-state index contributed by atoms with van der Waals surface area (Å²) in [5, 5.41) is 13.7. The van der Waals surface area contributed by atoms with Gasteiger partial charge < -0.3 is 10.4 Å². The molecule has 0 radical (unpaired) electrons. The Morgan fingerprint density at radius 1 is 1.20 bits per heavy atom. The van der Waals surface area contributed by atoms with E-state index in [1.807, 2.05) is 31.2 Å². The van der Waals surface area contributed by atoms with Crippen molar-refractivity contribution < 1.29 is 9.90 Å². The van der Waals surface area contributed by atoms with Crippen molar-refractivity contribution in [3.63, 3.8) is 0 Å². The smallest absolute Gasteiger partial charge is 0.308 e. The molecule has 0 aliphatic heterocycles. The van der Waals surface area contributed by atoms with Crippen LogP contribution in [0.25, 0.3) is 11.3 Å². The number of carbonyl (C=O) groups is 1. The molecule has 0 saturated carbocycles. The van der Waals surface area contributed by atoms with Gasteiger partial charge in [0.25, 0.3) is 0 Å². The van der Waals surface area contributed by atoms with Gasteiger partial charge in [-0.05, 0) is 19.1 Å². The maximum Gasteiger partial charge on any atom is 0.308 e. The highest BCUT2D eigenvalue weighted by molar-refractivity contribution is 7.16. The van der Waals surface area contributed by atoms with Gasteiger partial charge in [-0.2, -0.15) is 0 Å².